The Morgan fingerprint density at radius 2 is 2.24 bits per heavy atom. The smallest absolute Gasteiger partial charge is 0.254 e. The molecule has 1 aromatic carbocycles. The number of amides is 1. The number of fused-ring (bicyclic) bond motifs is 1. The number of hydrogen-bond donors (Lipinski definition) is 1. The molecule has 2 heterocycles. The molecule has 6 nitrogen and oxygen atoms in total. The summed E-state index contributed by atoms with van der Waals surface area (Å²) in [7, 11) is 0. The molecule has 0 saturated carbocycles. The number of aromatic nitrogens is 3. The van der Waals surface area contributed by atoms with Crippen molar-refractivity contribution < 1.29 is 9.53 Å². The number of rotatable bonds is 4. The Kier molecular flexibility index (Phi) is 4.53. The first kappa shape index (κ1) is 16.3. The zero-order chi connectivity index (χ0) is 17.2. The first-order valence-corrected chi connectivity index (χ1v) is 9.18. The molecule has 0 radical (unpaired) electrons. The second kappa shape index (κ2) is 6.96. The molecule has 1 fully saturated rings. The highest BCUT2D eigenvalue weighted by Gasteiger charge is 2.29. The van der Waals surface area contributed by atoms with Crippen molar-refractivity contribution in [2.24, 2.45) is 0 Å². The van der Waals surface area contributed by atoms with Crippen molar-refractivity contribution in [3.8, 4) is 0 Å². The van der Waals surface area contributed by atoms with Crippen LogP contribution >= 0.6 is 0 Å². The van der Waals surface area contributed by atoms with E-state index in [9.17, 15) is 4.79 Å². The molecule has 1 aromatic heterocycles. The number of carbonyl (C=O) groups is 1. The summed E-state index contributed by atoms with van der Waals surface area (Å²) in [4.78, 5) is 19.3. The molecule has 1 N–H and O–H groups in total. The number of aryl methyl sites for hydroxylation is 3. The number of carbonyl (C=O) groups excluding carboxylic acids is 1. The van der Waals surface area contributed by atoms with Crippen molar-refractivity contribution in [2.75, 3.05) is 19.7 Å². The Morgan fingerprint density at radius 3 is 3.12 bits per heavy atom. The maximum atomic E-state index is 12.9. The van der Waals surface area contributed by atoms with Gasteiger partial charge in [-0.05, 0) is 48.9 Å². The van der Waals surface area contributed by atoms with Gasteiger partial charge >= 0.3 is 0 Å². The van der Waals surface area contributed by atoms with Crippen LogP contribution in [0.3, 0.4) is 0 Å². The van der Waals surface area contributed by atoms with E-state index < -0.39 is 0 Å². The highest BCUT2D eigenvalue weighted by molar-refractivity contribution is 5.94. The van der Waals surface area contributed by atoms with Crippen molar-refractivity contribution >= 4 is 5.91 Å². The molecular formula is C19H24N4O2. The van der Waals surface area contributed by atoms with Crippen LogP contribution in [0.1, 0.15) is 59.0 Å². The SMILES string of the molecule is CCCc1nc([C@@H]2CN(C(=O)c3ccc4c(c3)CCC4)CCO2)n[nH]1. The molecule has 2 aromatic rings. The lowest BCUT2D eigenvalue weighted by molar-refractivity contribution is -0.0266. The lowest BCUT2D eigenvalue weighted by Crippen LogP contribution is -2.42. The van der Waals surface area contributed by atoms with E-state index in [4.69, 9.17) is 4.74 Å². The zero-order valence-electron chi connectivity index (χ0n) is 14.6. The van der Waals surface area contributed by atoms with Gasteiger partial charge in [-0.3, -0.25) is 9.89 Å². The van der Waals surface area contributed by atoms with Gasteiger partial charge in [-0.15, -0.1) is 0 Å². The second-order valence-electron chi connectivity index (χ2n) is 6.84. The molecule has 1 amide bonds. The summed E-state index contributed by atoms with van der Waals surface area (Å²) in [5.41, 5.74) is 3.50. The van der Waals surface area contributed by atoms with Crippen molar-refractivity contribution in [1.82, 2.24) is 20.1 Å². The highest BCUT2D eigenvalue weighted by atomic mass is 16.5. The molecule has 0 unspecified atom stereocenters. The summed E-state index contributed by atoms with van der Waals surface area (Å²) < 4.78 is 5.81. The fraction of sp³-hybridized carbons (Fsp3) is 0.526. The number of aromatic amines is 1. The van der Waals surface area contributed by atoms with Gasteiger partial charge in [-0.1, -0.05) is 13.0 Å². The van der Waals surface area contributed by atoms with Crippen LogP contribution in [-0.2, 0) is 24.0 Å². The average Bonchev–Trinajstić information content (AvgIpc) is 3.30. The third-order valence-corrected chi connectivity index (χ3v) is 5.02. The van der Waals surface area contributed by atoms with Crippen LogP contribution in [0, 0.1) is 0 Å². The number of hydrogen-bond acceptors (Lipinski definition) is 4. The number of nitrogens with one attached hydrogen (secondary N) is 1. The summed E-state index contributed by atoms with van der Waals surface area (Å²) in [6.07, 6.45) is 5.04. The van der Waals surface area contributed by atoms with Crippen LogP contribution in [0.25, 0.3) is 0 Å². The first-order valence-electron chi connectivity index (χ1n) is 9.18. The van der Waals surface area contributed by atoms with Gasteiger partial charge in [0.15, 0.2) is 5.82 Å². The number of benzene rings is 1. The Bertz CT molecular complexity index is 771. The summed E-state index contributed by atoms with van der Waals surface area (Å²) in [6, 6.07) is 6.14. The van der Waals surface area contributed by atoms with Crippen molar-refractivity contribution in [2.45, 2.75) is 45.1 Å². The molecular weight excluding hydrogens is 316 g/mol. The highest BCUT2D eigenvalue weighted by Crippen LogP contribution is 2.25. The van der Waals surface area contributed by atoms with Crippen molar-refractivity contribution in [3.05, 3.63) is 46.5 Å². The Balaban J connectivity index is 1.47. The van der Waals surface area contributed by atoms with E-state index in [1.54, 1.807) is 0 Å². The molecule has 1 aliphatic carbocycles. The first-order chi connectivity index (χ1) is 12.2. The zero-order valence-corrected chi connectivity index (χ0v) is 14.6. The number of ether oxygens (including phenoxy) is 1. The van der Waals surface area contributed by atoms with Gasteiger partial charge < -0.3 is 9.64 Å². The van der Waals surface area contributed by atoms with Gasteiger partial charge in [0.05, 0.1) is 13.2 Å². The van der Waals surface area contributed by atoms with Crippen molar-refractivity contribution in [1.29, 1.82) is 0 Å². The molecule has 6 heteroatoms. The Labute approximate surface area is 147 Å². The number of morpholine rings is 1. The maximum absolute atomic E-state index is 12.9. The molecule has 1 saturated heterocycles. The normalized spacial score (nSPS) is 19.9. The number of nitrogens with zero attached hydrogens (tertiary/aromatic N) is 3. The third-order valence-electron chi connectivity index (χ3n) is 5.02. The molecule has 1 aliphatic heterocycles. The topological polar surface area (TPSA) is 71.1 Å². The molecule has 1 atom stereocenters. The molecule has 132 valence electrons. The maximum Gasteiger partial charge on any atom is 0.254 e. The second-order valence-corrected chi connectivity index (χ2v) is 6.84. The minimum Gasteiger partial charge on any atom is -0.366 e. The van der Waals surface area contributed by atoms with Gasteiger partial charge in [0, 0.05) is 18.5 Å². The van der Waals surface area contributed by atoms with E-state index in [-0.39, 0.29) is 12.0 Å². The van der Waals surface area contributed by atoms with Crippen LogP contribution < -0.4 is 0 Å². The Hall–Kier alpha value is -2.21. The van der Waals surface area contributed by atoms with Crippen LogP contribution in [0.5, 0.6) is 0 Å². The van der Waals surface area contributed by atoms with Gasteiger partial charge in [0.2, 0.25) is 0 Å². The Morgan fingerprint density at radius 1 is 1.36 bits per heavy atom. The largest absolute Gasteiger partial charge is 0.366 e. The van der Waals surface area contributed by atoms with E-state index in [0.29, 0.717) is 25.5 Å². The van der Waals surface area contributed by atoms with E-state index in [0.717, 1.165) is 37.1 Å². The molecule has 25 heavy (non-hydrogen) atoms. The summed E-state index contributed by atoms with van der Waals surface area (Å²) in [5.74, 6) is 1.60. The fourth-order valence-electron chi connectivity index (χ4n) is 3.68. The average molecular weight is 340 g/mol. The van der Waals surface area contributed by atoms with Gasteiger partial charge in [0.25, 0.3) is 5.91 Å². The lowest BCUT2D eigenvalue weighted by atomic mass is 10.1. The predicted octanol–water partition coefficient (Wildman–Crippen LogP) is 2.46. The van der Waals surface area contributed by atoms with E-state index in [2.05, 4.69) is 34.2 Å². The molecule has 2 aliphatic rings. The van der Waals surface area contributed by atoms with Gasteiger partial charge in [-0.2, -0.15) is 5.10 Å². The fourth-order valence-corrected chi connectivity index (χ4v) is 3.68. The van der Waals surface area contributed by atoms with Gasteiger partial charge in [0.1, 0.15) is 11.9 Å². The van der Waals surface area contributed by atoms with E-state index in [1.165, 1.54) is 17.5 Å². The summed E-state index contributed by atoms with van der Waals surface area (Å²) in [5, 5.41) is 7.24. The van der Waals surface area contributed by atoms with Crippen LogP contribution in [0.15, 0.2) is 18.2 Å². The predicted molar refractivity (Wildman–Crippen MR) is 93.4 cm³/mol. The lowest BCUT2D eigenvalue weighted by Gasteiger charge is -2.31. The minimum atomic E-state index is -0.256. The van der Waals surface area contributed by atoms with Gasteiger partial charge in [-0.25, -0.2) is 4.98 Å². The van der Waals surface area contributed by atoms with Crippen LogP contribution in [-0.4, -0.2) is 45.7 Å². The molecule has 0 bridgehead atoms. The van der Waals surface area contributed by atoms with E-state index in [1.807, 2.05) is 11.0 Å². The summed E-state index contributed by atoms with van der Waals surface area (Å²) in [6.45, 7) is 3.73. The molecule has 4 rings (SSSR count). The minimum absolute atomic E-state index is 0.0762. The quantitative estimate of drug-likeness (QED) is 0.928. The van der Waals surface area contributed by atoms with E-state index >= 15 is 0 Å². The standard InChI is InChI=1S/C19H24N4O2/c1-2-4-17-20-18(22-21-17)16-12-23(9-10-25-16)19(24)15-8-7-13-5-3-6-14(13)11-15/h7-8,11,16H,2-6,9-10,12H2,1H3,(H,20,21,22)/t16-/m0/s1. The van der Waals surface area contributed by atoms with Crippen molar-refractivity contribution in [3.63, 3.8) is 0 Å². The summed E-state index contributed by atoms with van der Waals surface area (Å²) >= 11 is 0. The number of H-pyrrole nitrogens is 1. The third kappa shape index (κ3) is 3.31. The monoisotopic (exact) mass is 340 g/mol. The van der Waals surface area contributed by atoms with Crippen LogP contribution in [0.4, 0.5) is 0 Å². The molecule has 0 spiro atoms. The van der Waals surface area contributed by atoms with Crippen LogP contribution in [0.2, 0.25) is 0 Å².